The molecule has 2 aromatic carbocycles. The average molecular weight is 578 g/mol. The van der Waals surface area contributed by atoms with Gasteiger partial charge in [-0.25, -0.2) is 4.79 Å². The van der Waals surface area contributed by atoms with Crippen molar-refractivity contribution in [1.29, 1.82) is 0 Å². The van der Waals surface area contributed by atoms with Crippen LogP contribution in [0, 0.1) is 5.92 Å². The van der Waals surface area contributed by atoms with Crippen LogP contribution >= 0.6 is 0 Å². The molecule has 42 heavy (non-hydrogen) atoms. The second-order valence-corrected chi connectivity index (χ2v) is 13.5. The molecule has 1 saturated heterocycles. The number of benzene rings is 2. The summed E-state index contributed by atoms with van der Waals surface area (Å²) < 4.78 is 5.84. The molecule has 1 aliphatic heterocycles. The number of piperidine rings is 1. The summed E-state index contributed by atoms with van der Waals surface area (Å²) in [5.41, 5.74) is -0.341. The number of amides is 3. The minimum Gasteiger partial charge on any atom is -0.449 e. The molecule has 0 aromatic heterocycles. The van der Waals surface area contributed by atoms with Crippen molar-refractivity contribution in [1.82, 2.24) is 21.0 Å². The molecule has 9 nitrogen and oxygen atoms in total. The van der Waals surface area contributed by atoms with Crippen LogP contribution in [0.25, 0.3) is 11.1 Å². The fraction of sp³-hybridized carbons (Fsp3) is 0.545. The predicted octanol–water partition coefficient (Wildman–Crippen LogP) is 4.93. The fourth-order valence-corrected chi connectivity index (χ4v) is 6.80. The van der Waals surface area contributed by atoms with Gasteiger partial charge >= 0.3 is 6.09 Å². The number of hydrogen-bond acceptors (Lipinski definition) is 5. The van der Waals surface area contributed by atoms with Crippen molar-refractivity contribution < 1.29 is 24.3 Å². The van der Waals surface area contributed by atoms with E-state index in [-0.39, 0.29) is 37.2 Å². The van der Waals surface area contributed by atoms with E-state index < -0.39 is 34.2 Å². The van der Waals surface area contributed by atoms with Gasteiger partial charge in [-0.1, -0.05) is 62.4 Å². The van der Waals surface area contributed by atoms with Gasteiger partial charge in [-0.05, 0) is 82.6 Å². The van der Waals surface area contributed by atoms with E-state index in [9.17, 15) is 19.6 Å². The van der Waals surface area contributed by atoms with Crippen molar-refractivity contribution in [2.45, 2.75) is 96.3 Å². The molecule has 3 N–H and O–H groups in total. The molecule has 4 rings (SSSR count). The third kappa shape index (κ3) is 5.64. The van der Waals surface area contributed by atoms with Crippen molar-refractivity contribution in [3.63, 3.8) is 0 Å². The Hall–Kier alpha value is -3.43. The molecule has 0 unspecified atom stereocenters. The summed E-state index contributed by atoms with van der Waals surface area (Å²) in [6.07, 6.45) is -0.679. The molecule has 2 aromatic rings. The van der Waals surface area contributed by atoms with E-state index in [0.29, 0.717) is 6.54 Å². The van der Waals surface area contributed by atoms with Crippen molar-refractivity contribution in [2.24, 2.45) is 5.92 Å². The zero-order valence-corrected chi connectivity index (χ0v) is 26.1. The van der Waals surface area contributed by atoms with Gasteiger partial charge in [0.1, 0.15) is 17.7 Å². The van der Waals surface area contributed by atoms with Crippen LogP contribution in [0.2, 0.25) is 0 Å². The highest BCUT2D eigenvalue weighted by molar-refractivity contribution is 5.96. The molecule has 0 bridgehead atoms. The van der Waals surface area contributed by atoms with Crippen LogP contribution in [0.3, 0.4) is 0 Å². The number of carbonyl (C=O) groups is 3. The summed E-state index contributed by atoms with van der Waals surface area (Å²) in [5, 5.41) is 22.9. The Morgan fingerprint density at radius 1 is 0.952 bits per heavy atom. The summed E-state index contributed by atoms with van der Waals surface area (Å²) in [5.74, 6) is -1.23. The maximum absolute atomic E-state index is 14.3. The number of ether oxygens (including phenoxy) is 1. The SMILES string of the molecule is CCNC(=O)[C@@](C)(NC(=O)C1(NC(=O)OCC2c3ccccc3-c3ccccc32)CC(C)(C)N([O])C(C)(C)C1)C(C)C. The Morgan fingerprint density at radius 2 is 1.45 bits per heavy atom. The zero-order valence-electron chi connectivity index (χ0n) is 26.1. The van der Waals surface area contributed by atoms with E-state index in [1.165, 1.54) is 0 Å². The van der Waals surface area contributed by atoms with Crippen molar-refractivity contribution in [3.05, 3.63) is 59.7 Å². The minimum absolute atomic E-state index is 0.0343. The molecule has 3 amide bonds. The van der Waals surface area contributed by atoms with Crippen LogP contribution in [0.1, 0.15) is 85.3 Å². The maximum Gasteiger partial charge on any atom is 0.408 e. The Balaban J connectivity index is 1.63. The van der Waals surface area contributed by atoms with Gasteiger partial charge in [-0.3, -0.25) is 9.59 Å². The number of likely N-dealkylation sites (N-methyl/N-ethyl adjacent to an activating group) is 1. The molecule has 227 valence electrons. The van der Waals surface area contributed by atoms with Crippen LogP contribution in [0.5, 0.6) is 0 Å². The molecule has 2 aliphatic rings. The average Bonchev–Trinajstić information content (AvgIpc) is 3.23. The molecular weight excluding hydrogens is 532 g/mol. The highest BCUT2D eigenvalue weighted by Crippen LogP contribution is 2.45. The second-order valence-electron chi connectivity index (χ2n) is 13.5. The van der Waals surface area contributed by atoms with Gasteiger partial charge in [0.15, 0.2) is 0 Å². The summed E-state index contributed by atoms with van der Waals surface area (Å²) in [6.45, 7) is 14.7. The van der Waals surface area contributed by atoms with Crippen LogP contribution < -0.4 is 16.0 Å². The molecule has 0 saturated carbocycles. The van der Waals surface area contributed by atoms with Gasteiger partial charge in [0.05, 0.1) is 0 Å². The first-order valence-electron chi connectivity index (χ1n) is 14.8. The largest absolute Gasteiger partial charge is 0.449 e. The molecule has 1 aliphatic carbocycles. The van der Waals surface area contributed by atoms with Gasteiger partial charge in [0.2, 0.25) is 11.8 Å². The molecule has 1 fully saturated rings. The second kappa shape index (κ2) is 11.3. The predicted molar refractivity (Wildman–Crippen MR) is 161 cm³/mol. The number of nitrogens with zero attached hydrogens (tertiary/aromatic N) is 1. The van der Waals surface area contributed by atoms with E-state index in [4.69, 9.17) is 4.74 Å². The lowest BCUT2D eigenvalue weighted by Gasteiger charge is -2.54. The summed E-state index contributed by atoms with van der Waals surface area (Å²) in [4.78, 5) is 40.9. The number of carbonyl (C=O) groups excluding carboxylic acids is 3. The first-order chi connectivity index (χ1) is 19.6. The number of nitrogens with one attached hydrogen (secondary N) is 3. The molecular formula is C33H45N4O5. The first kappa shape index (κ1) is 31.5. The zero-order chi connectivity index (χ0) is 31.1. The highest BCUT2D eigenvalue weighted by atomic mass is 16.5. The standard InChI is InChI=1S/C33H45N4O5/c1-9-34-27(38)32(8,21(2)3)35-28(39)33(19-30(4,5)37(41)31(6,7)20-33)36-29(40)42-18-26-24-16-12-10-14-22(24)23-15-11-13-17-25(23)26/h10-17,21,26H,9,18-20H2,1-8H3,(H,34,38)(H,35,39)(H,36,40)/t32-/m0/s1. The Bertz CT molecular complexity index is 1290. The normalized spacial score (nSPS) is 20.1. The smallest absolute Gasteiger partial charge is 0.408 e. The minimum atomic E-state index is -1.50. The maximum atomic E-state index is 14.3. The lowest BCUT2D eigenvalue weighted by molar-refractivity contribution is -0.295. The highest BCUT2D eigenvalue weighted by Gasteiger charge is 2.58. The molecule has 1 atom stereocenters. The van der Waals surface area contributed by atoms with E-state index >= 15 is 0 Å². The Kier molecular flexibility index (Phi) is 8.50. The van der Waals surface area contributed by atoms with Crippen LogP contribution in [0.15, 0.2) is 48.5 Å². The van der Waals surface area contributed by atoms with Gasteiger partial charge in [0, 0.05) is 23.5 Å². The molecule has 1 radical (unpaired) electrons. The quantitative estimate of drug-likeness (QED) is 0.411. The summed E-state index contributed by atoms with van der Waals surface area (Å²) in [6, 6.07) is 16.1. The van der Waals surface area contributed by atoms with Crippen molar-refractivity contribution in [2.75, 3.05) is 13.2 Å². The molecule has 1 heterocycles. The number of alkyl carbamates (subject to hydrolysis) is 1. The first-order valence-corrected chi connectivity index (χ1v) is 14.8. The van der Waals surface area contributed by atoms with Gasteiger partial charge in [-0.15, -0.1) is 10.3 Å². The lowest BCUT2D eigenvalue weighted by atomic mass is 9.69. The van der Waals surface area contributed by atoms with Gasteiger partial charge in [-0.2, -0.15) is 0 Å². The topological polar surface area (TPSA) is 120 Å². The van der Waals surface area contributed by atoms with Gasteiger partial charge < -0.3 is 20.7 Å². The van der Waals surface area contributed by atoms with E-state index in [1.54, 1.807) is 34.6 Å². The summed E-state index contributed by atoms with van der Waals surface area (Å²) >= 11 is 0. The summed E-state index contributed by atoms with van der Waals surface area (Å²) in [7, 11) is 0. The molecule has 0 spiro atoms. The van der Waals surface area contributed by atoms with E-state index in [0.717, 1.165) is 27.3 Å². The monoisotopic (exact) mass is 577 g/mol. The van der Waals surface area contributed by atoms with Crippen molar-refractivity contribution >= 4 is 17.9 Å². The van der Waals surface area contributed by atoms with Crippen LogP contribution in [-0.2, 0) is 19.5 Å². The van der Waals surface area contributed by atoms with E-state index in [2.05, 4.69) is 28.1 Å². The third-order valence-corrected chi connectivity index (χ3v) is 9.02. The number of fused-ring (bicyclic) bond motifs is 3. The number of hydrogen-bond donors (Lipinski definition) is 3. The fourth-order valence-electron chi connectivity index (χ4n) is 6.80. The third-order valence-electron chi connectivity index (χ3n) is 9.02. The van der Waals surface area contributed by atoms with Gasteiger partial charge in [0.25, 0.3) is 0 Å². The van der Waals surface area contributed by atoms with Crippen LogP contribution in [-0.4, -0.2) is 58.3 Å². The van der Waals surface area contributed by atoms with E-state index in [1.807, 2.05) is 57.2 Å². The Labute approximate surface area is 249 Å². The lowest BCUT2D eigenvalue weighted by Crippen LogP contribution is -2.74. The van der Waals surface area contributed by atoms with Crippen LogP contribution in [0.4, 0.5) is 4.79 Å². The Morgan fingerprint density at radius 3 is 1.93 bits per heavy atom. The van der Waals surface area contributed by atoms with Crippen molar-refractivity contribution in [3.8, 4) is 11.1 Å². The number of rotatable bonds is 8. The number of hydroxylamine groups is 2. The molecule has 9 heteroatoms.